The van der Waals surface area contributed by atoms with Crippen LogP contribution in [0.25, 0.3) is 32.9 Å². The zero-order chi connectivity index (χ0) is 31.4. The number of rotatable bonds is 11. The van der Waals surface area contributed by atoms with E-state index < -0.39 is 0 Å². The van der Waals surface area contributed by atoms with Crippen molar-refractivity contribution in [1.29, 1.82) is 0 Å². The average molecular weight is 585 g/mol. The monoisotopic (exact) mass is 584 g/mol. The van der Waals surface area contributed by atoms with Gasteiger partial charge in [0, 0.05) is 27.7 Å². The molecule has 1 N–H and O–H groups in total. The van der Waals surface area contributed by atoms with Crippen molar-refractivity contribution in [2.24, 2.45) is 15.9 Å². The van der Waals surface area contributed by atoms with Crippen LogP contribution in [0, 0.1) is 12.8 Å². The van der Waals surface area contributed by atoms with Crippen LogP contribution in [0.1, 0.15) is 77.5 Å². The highest BCUT2D eigenvalue weighted by Gasteiger charge is 2.36. The Morgan fingerprint density at radius 1 is 0.977 bits per heavy atom. The van der Waals surface area contributed by atoms with Crippen LogP contribution in [0.2, 0.25) is 0 Å². The molecule has 1 aliphatic carbocycles. The van der Waals surface area contributed by atoms with E-state index in [0.29, 0.717) is 6.67 Å². The number of allylic oxidation sites excluding steroid dienone is 3. The highest BCUT2D eigenvalue weighted by Crippen LogP contribution is 2.50. The highest BCUT2D eigenvalue weighted by atomic mass is 15.2. The maximum atomic E-state index is 5.31. The van der Waals surface area contributed by atoms with E-state index in [9.17, 15) is 0 Å². The van der Waals surface area contributed by atoms with E-state index in [4.69, 9.17) is 4.99 Å². The molecule has 1 aromatic heterocycles. The number of nitrogens with one attached hydrogen (secondary N) is 1. The van der Waals surface area contributed by atoms with Gasteiger partial charge in [0.25, 0.3) is 0 Å². The van der Waals surface area contributed by atoms with Crippen molar-refractivity contribution in [3.63, 3.8) is 0 Å². The van der Waals surface area contributed by atoms with Crippen molar-refractivity contribution >= 4 is 34.4 Å². The molecule has 3 aromatic carbocycles. The van der Waals surface area contributed by atoms with Crippen molar-refractivity contribution < 1.29 is 0 Å². The molecule has 4 nitrogen and oxygen atoms in total. The summed E-state index contributed by atoms with van der Waals surface area (Å²) < 4.78 is 2.38. The Labute approximate surface area is 264 Å². The van der Waals surface area contributed by atoms with Gasteiger partial charge in [-0.3, -0.25) is 4.99 Å². The first-order valence-corrected chi connectivity index (χ1v) is 16.2. The molecule has 2 atom stereocenters. The molecule has 0 bridgehead atoms. The van der Waals surface area contributed by atoms with Gasteiger partial charge in [-0.25, -0.2) is 4.99 Å². The minimum absolute atomic E-state index is 0.0691. The molecule has 0 amide bonds. The lowest BCUT2D eigenvalue weighted by molar-refractivity contribution is 0.446. The Kier molecular flexibility index (Phi) is 9.39. The van der Waals surface area contributed by atoms with E-state index in [1.54, 1.807) is 0 Å². The minimum Gasteiger partial charge on any atom is -0.348 e. The molecule has 44 heavy (non-hydrogen) atoms. The van der Waals surface area contributed by atoms with Crippen molar-refractivity contribution in [3.05, 3.63) is 107 Å². The minimum atomic E-state index is -0.168. The molecule has 4 aromatic rings. The Hall–Kier alpha value is -4.18. The topological polar surface area (TPSA) is 41.7 Å². The summed E-state index contributed by atoms with van der Waals surface area (Å²) in [7, 11) is 0. The second-order valence-corrected chi connectivity index (χ2v) is 12.5. The average Bonchev–Trinajstić information content (AvgIpc) is 3.44. The van der Waals surface area contributed by atoms with Gasteiger partial charge in [-0.1, -0.05) is 100 Å². The van der Waals surface area contributed by atoms with Gasteiger partial charge in [0.2, 0.25) is 0 Å². The summed E-state index contributed by atoms with van der Waals surface area (Å²) in [6, 6.07) is 20.5. The predicted octanol–water partition coefficient (Wildman–Crippen LogP) is 10.3. The molecular weight excluding hydrogens is 536 g/mol. The lowest BCUT2D eigenvalue weighted by Gasteiger charge is -2.24. The molecule has 0 saturated heterocycles. The number of amidine groups is 1. The normalized spacial score (nSPS) is 16.2. The van der Waals surface area contributed by atoms with Crippen molar-refractivity contribution in [2.45, 2.75) is 86.0 Å². The van der Waals surface area contributed by atoms with E-state index in [1.807, 2.05) is 0 Å². The fraction of sp³-hybridized carbons (Fsp3) is 0.350. The number of hydrogen-bond acceptors (Lipinski definition) is 2. The van der Waals surface area contributed by atoms with E-state index >= 15 is 0 Å². The van der Waals surface area contributed by atoms with E-state index in [0.717, 1.165) is 30.7 Å². The van der Waals surface area contributed by atoms with Crippen molar-refractivity contribution in [2.75, 3.05) is 0 Å². The van der Waals surface area contributed by atoms with Gasteiger partial charge >= 0.3 is 0 Å². The predicted molar refractivity (Wildman–Crippen MR) is 192 cm³/mol. The largest absolute Gasteiger partial charge is 0.348 e. The SMILES string of the molecule is C=NC(NC(=N\Cn1c2ccc(C)cc2c2cc3c(cc21)C(C)(C)c1ccccc1-3)/C(/C=C\CC)=C/C)C(/C=C\C)CCC. The molecule has 0 saturated carbocycles. The molecule has 1 aliphatic rings. The van der Waals surface area contributed by atoms with Crippen LogP contribution < -0.4 is 5.32 Å². The number of hydrogen-bond donors (Lipinski definition) is 1. The van der Waals surface area contributed by atoms with Crippen LogP contribution >= 0.6 is 0 Å². The molecule has 0 spiro atoms. The Morgan fingerprint density at radius 2 is 1.75 bits per heavy atom. The second-order valence-electron chi connectivity index (χ2n) is 12.5. The maximum Gasteiger partial charge on any atom is 0.131 e. The van der Waals surface area contributed by atoms with E-state index in [-0.39, 0.29) is 17.5 Å². The van der Waals surface area contributed by atoms with Crippen molar-refractivity contribution in [3.8, 4) is 11.1 Å². The fourth-order valence-corrected chi connectivity index (χ4v) is 6.84. The van der Waals surface area contributed by atoms with E-state index in [2.05, 4.69) is 155 Å². The van der Waals surface area contributed by atoms with Crippen LogP contribution in [-0.4, -0.2) is 23.3 Å². The first-order valence-electron chi connectivity index (χ1n) is 16.2. The van der Waals surface area contributed by atoms with Crippen LogP contribution in [-0.2, 0) is 12.1 Å². The van der Waals surface area contributed by atoms with Gasteiger partial charge in [0.1, 0.15) is 18.7 Å². The second kappa shape index (κ2) is 13.2. The number of aromatic nitrogens is 1. The molecule has 1 heterocycles. The number of benzene rings is 3. The number of fused-ring (bicyclic) bond motifs is 6. The van der Waals surface area contributed by atoms with Gasteiger partial charge in [-0.15, -0.1) is 0 Å². The lowest BCUT2D eigenvalue weighted by atomic mass is 9.82. The number of aliphatic imine (C=N–C) groups is 2. The molecule has 4 heteroatoms. The Bertz CT molecular complexity index is 1790. The van der Waals surface area contributed by atoms with Crippen molar-refractivity contribution in [1.82, 2.24) is 9.88 Å². The Balaban J connectivity index is 1.67. The zero-order valence-corrected chi connectivity index (χ0v) is 27.6. The summed E-state index contributed by atoms with van der Waals surface area (Å²) in [5.74, 6) is 1.08. The van der Waals surface area contributed by atoms with Gasteiger partial charge in [0.15, 0.2) is 0 Å². The summed E-state index contributed by atoms with van der Waals surface area (Å²) >= 11 is 0. The van der Waals surface area contributed by atoms with Crippen LogP contribution in [0.4, 0.5) is 0 Å². The molecular formula is C40H48N4. The lowest BCUT2D eigenvalue weighted by Crippen LogP contribution is -2.39. The third-order valence-electron chi connectivity index (χ3n) is 9.16. The summed E-state index contributed by atoms with van der Waals surface area (Å²) in [4.78, 5) is 9.85. The van der Waals surface area contributed by atoms with Gasteiger partial charge in [-0.2, -0.15) is 0 Å². The van der Waals surface area contributed by atoms with Gasteiger partial charge in [0.05, 0.1) is 11.0 Å². The molecule has 0 fully saturated rings. The van der Waals surface area contributed by atoms with Crippen LogP contribution in [0.5, 0.6) is 0 Å². The highest BCUT2D eigenvalue weighted by molar-refractivity contribution is 6.11. The van der Waals surface area contributed by atoms with Crippen LogP contribution in [0.15, 0.2) is 101 Å². The first kappa shape index (κ1) is 31.3. The quantitative estimate of drug-likeness (QED) is 0.0810. The number of aryl methyl sites for hydroxylation is 1. The van der Waals surface area contributed by atoms with Crippen LogP contribution in [0.3, 0.4) is 0 Å². The molecule has 5 rings (SSSR count). The van der Waals surface area contributed by atoms with E-state index in [1.165, 1.54) is 49.6 Å². The first-order chi connectivity index (χ1) is 21.3. The molecule has 2 unspecified atom stereocenters. The third kappa shape index (κ3) is 5.70. The zero-order valence-electron chi connectivity index (χ0n) is 27.6. The van der Waals surface area contributed by atoms with Gasteiger partial charge in [-0.05, 0) is 86.8 Å². The summed E-state index contributed by atoms with van der Waals surface area (Å²) in [6.07, 6.45) is 13.7. The maximum absolute atomic E-state index is 5.31. The summed E-state index contributed by atoms with van der Waals surface area (Å²) in [6.45, 7) is 19.8. The third-order valence-corrected chi connectivity index (χ3v) is 9.16. The molecule has 0 aliphatic heterocycles. The smallest absolute Gasteiger partial charge is 0.131 e. The van der Waals surface area contributed by atoms with Gasteiger partial charge < -0.3 is 9.88 Å². The fourth-order valence-electron chi connectivity index (χ4n) is 6.84. The Morgan fingerprint density at radius 3 is 2.45 bits per heavy atom. The summed E-state index contributed by atoms with van der Waals surface area (Å²) in [5.41, 5.74) is 10.1. The summed E-state index contributed by atoms with van der Waals surface area (Å²) in [5, 5.41) is 6.25. The molecule has 228 valence electrons. The standard InChI is InChI=1S/C40H48N4/c1-9-13-18-28(12-4)39(43-38(41-8)29(16-10-2)17-11-3)42-26-44-36-22-21-27(5)23-32(36)33-24-31-30-19-14-15-20-34(30)40(6,7)35(31)25-37(33)44/h10,12-16,18-25,29,38H,8-9,11,17,26H2,1-7H3,(H,42,43)/b16-10-,18-13-,28-12+. The number of nitrogens with zero attached hydrogens (tertiary/aromatic N) is 3. The molecule has 0 radical (unpaired) electrons.